The van der Waals surface area contributed by atoms with Crippen molar-refractivity contribution in [1.29, 1.82) is 0 Å². The monoisotopic (exact) mass is 338 g/mol. The van der Waals surface area contributed by atoms with Crippen LogP contribution in [0.1, 0.15) is 23.1 Å². The first-order valence-electron chi connectivity index (χ1n) is 7.84. The zero-order valence-corrected chi connectivity index (χ0v) is 13.0. The van der Waals surface area contributed by atoms with E-state index in [4.69, 9.17) is 0 Å². The molecule has 2 aromatic carbocycles. The van der Waals surface area contributed by atoms with Crippen LogP contribution in [0.3, 0.4) is 0 Å². The van der Waals surface area contributed by atoms with E-state index in [-0.39, 0.29) is 24.0 Å². The van der Waals surface area contributed by atoms with Gasteiger partial charge in [0.15, 0.2) is 0 Å². The number of aryl methyl sites for hydroxylation is 1. The van der Waals surface area contributed by atoms with Gasteiger partial charge in [0.2, 0.25) is 0 Å². The topological polar surface area (TPSA) is 24.1 Å². The van der Waals surface area contributed by atoms with Crippen molar-refractivity contribution in [1.82, 2.24) is 5.32 Å². The zero-order chi connectivity index (χ0) is 17.2. The lowest BCUT2D eigenvalue weighted by molar-refractivity contribution is -0.138. The van der Waals surface area contributed by atoms with Crippen molar-refractivity contribution in [3.63, 3.8) is 0 Å². The van der Waals surface area contributed by atoms with Gasteiger partial charge >= 0.3 is 6.18 Å². The van der Waals surface area contributed by atoms with Crippen LogP contribution < -0.4 is 10.6 Å². The fourth-order valence-electron chi connectivity index (χ4n) is 2.99. The summed E-state index contributed by atoms with van der Waals surface area (Å²) >= 11 is 0. The highest BCUT2D eigenvalue weighted by atomic mass is 19.4. The van der Waals surface area contributed by atoms with Crippen molar-refractivity contribution in [2.24, 2.45) is 0 Å². The maximum absolute atomic E-state index is 13.1. The average Bonchev–Trinajstić information content (AvgIpc) is 2.75. The number of hydrogen-bond donors (Lipinski definition) is 2. The first-order valence-corrected chi connectivity index (χ1v) is 7.84. The van der Waals surface area contributed by atoms with E-state index in [1.165, 1.54) is 18.2 Å². The smallest absolute Gasteiger partial charge is 0.381 e. The quantitative estimate of drug-likeness (QED) is 0.813. The second kappa shape index (κ2) is 6.81. The van der Waals surface area contributed by atoms with Crippen LogP contribution in [0.4, 0.5) is 23.2 Å². The minimum Gasteiger partial charge on any atom is -0.381 e. The van der Waals surface area contributed by atoms with Crippen molar-refractivity contribution in [2.75, 3.05) is 11.9 Å². The van der Waals surface area contributed by atoms with Gasteiger partial charge in [0, 0.05) is 30.4 Å². The van der Waals surface area contributed by atoms with E-state index < -0.39 is 11.7 Å². The third kappa shape index (κ3) is 3.87. The van der Waals surface area contributed by atoms with Crippen LogP contribution >= 0.6 is 0 Å². The van der Waals surface area contributed by atoms with E-state index in [1.807, 2.05) is 0 Å². The molecule has 1 aliphatic rings. The predicted octanol–water partition coefficient (Wildman–Crippen LogP) is 4.36. The van der Waals surface area contributed by atoms with E-state index in [0.717, 1.165) is 24.5 Å². The van der Waals surface area contributed by atoms with Crippen molar-refractivity contribution in [2.45, 2.75) is 31.6 Å². The summed E-state index contributed by atoms with van der Waals surface area (Å²) in [6.45, 7) is 0.762. The van der Waals surface area contributed by atoms with Gasteiger partial charge in [-0.05, 0) is 42.7 Å². The minimum atomic E-state index is -4.36. The Kier molecular flexibility index (Phi) is 4.76. The predicted molar refractivity (Wildman–Crippen MR) is 85.3 cm³/mol. The van der Waals surface area contributed by atoms with Crippen LogP contribution in [-0.2, 0) is 19.1 Å². The highest BCUT2D eigenvalue weighted by Gasteiger charge is 2.34. The number of fused-ring (bicyclic) bond motifs is 1. The Hall–Kier alpha value is -2.08. The Bertz CT molecular complexity index is 695. The summed E-state index contributed by atoms with van der Waals surface area (Å²) < 4.78 is 52.3. The lowest BCUT2D eigenvalue weighted by Gasteiger charge is -2.19. The molecule has 1 unspecified atom stereocenters. The molecule has 0 aliphatic carbocycles. The van der Waals surface area contributed by atoms with Crippen LogP contribution in [0, 0.1) is 5.82 Å². The summed E-state index contributed by atoms with van der Waals surface area (Å²) in [6.07, 6.45) is -2.88. The van der Waals surface area contributed by atoms with Gasteiger partial charge in [0.1, 0.15) is 5.82 Å². The molecule has 2 aromatic rings. The van der Waals surface area contributed by atoms with Crippen molar-refractivity contribution >= 4 is 5.69 Å². The lowest BCUT2D eigenvalue weighted by atomic mass is 10.0. The van der Waals surface area contributed by atoms with E-state index in [2.05, 4.69) is 10.6 Å². The van der Waals surface area contributed by atoms with Gasteiger partial charge in [0.05, 0.1) is 5.56 Å². The van der Waals surface area contributed by atoms with Crippen LogP contribution in [0.25, 0.3) is 0 Å². The van der Waals surface area contributed by atoms with Crippen molar-refractivity contribution in [3.8, 4) is 0 Å². The van der Waals surface area contributed by atoms with Crippen molar-refractivity contribution < 1.29 is 17.6 Å². The molecule has 1 atom stereocenters. The molecule has 1 heterocycles. The number of benzene rings is 2. The van der Waals surface area contributed by atoms with Crippen LogP contribution in [0.15, 0.2) is 42.5 Å². The molecule has 2 N–H and O–H groups in total. The Morgan fingerprint density at radius 3 is 2.50 bits per heavy atom. The third-order valence-electron chi connectivity index (χ3n) is 4.23. The molecular weight excluding hydrogens is 320 g/mol. The second-order valence-electron chi connectivity index (χ2n) is 5.97. The highest BCUT2D eigenvalue weighted by Crippen LogP contribution is 2.36. The fraction of sp³-hybridized carbons (Fsp3) is 0.333. The molecule has 0 saturated heterocycles. The van der Waals surface area contributed by atoms with Crippen LogP contribution in [0.5, 0.6) is 0 Å². The van der Waals surface area contributed by atoms with Gasteiger partial charge in [-0.2, -0.15) is 13.2 Å². The van der Waals surface area contributed by atoms with Gasteiger partial charge in [-0.15, -0.1) is 0 Å². The first-order chi connectivity index (χ1) is 11.4. The minimum absolute atomic E-state index is 0.0137. The van der Waals surface area contributed by atoms with E-state index in [9.17, 15) is 17.6 Å². The average molecular weight is 338 g/mol. The molecule has 0 radical (unpaired) electrons. The molecule has 6 heteroatoms. The van der Waals surface area contributed by atoms with Gasteiger partial charge in [-0.25, -0.2) is 4.39 Å². The van der Waals surface area contributed by atoms with Crippen LogP contribution in [-0.4, -0.2) is 12.6 Å². The molecule has 0 aromatic heterocycles. The number of anilines is 1. The summed E-state index contributed by atoms with van der Waals surface area (Å²) in [7, 11) is 0. The van der Waals surface area contributed by atoms with E-state index >= 15 is 0 Å². The first kappa shape index (κ1) is 16.8. The largest absolute Gasteiger partial charge is 0.416 e. The standard InChI is InChI=1S/C18H18F4N2/c19-13-7-4-12(5-8-13)6-9-14-10-23-11-15-16(18(20,21)22)2-1-3-17(15)24-14/h1-5,7-8,14,23-24H,6,9-11H2. The molecule has 1 aliphatic heterocycles. The molecule has 0 bridgehead atoms. The van der Waals surface area contributed by atoms with Crippen molar-refractivity contribution in [3.05, 3.63) is 65.0 Å². The second-order valence-corrected chi connectivity index (χ2v) is 5.97. The molecule has 0 amide bonds. The normalized spacial score (nSPS) is 17.8. The summed E-state index contributed by atoms with van der Waals surface area (Å²) in [6, 6.07) is 10.5. The maximum atomic E-state index is 13.1. The summed E-state index contributed by atoms with van der Waals surface area (Å²) in [5.74, 6) is -0.276. The van der Waals surface area contributed by atoms with Gasteiger partial charge in [-0.1, -0.05) is 18.2 Å². The van der Waals surface area contributed by atoms with Crippen LogP contribution in [0.2, 0.25) is 0 Å². The molecule has 2 nitrogen and oxygen atoms in total. The Morgan fingerprint density at radius 2 is 1.79 bits per heavy atom. The Labute approximate surface area is 137 Å². The molecule has 0 saturated carbocycles. The zero-order valence-electron chi connectivity index (χ0n) is 13.0. The Morgan fingerprint density at radius 1 is 1.04 bits per heavy atom. The van der Waals surface area contributed by atoms with Gasteiger partial charge < -0.3 is 10.6 Å². The molecular formula is C18H18F4N2. The molecule has 0 spiro atoms. The number of halogens is 4. The number of nitrogens with one attached hydrogen (secondary N) is 2. The molecule has 24 heavy (non-hydrogen) atoms. The van der Waals surface area contributed by atoms with E-state index in [1.54, 1.807) is 18.2 Å². The number of hydrogen-bond acceptors (Lipinski definition) is 2. The van der Waals surface area contributed by atoms with Gasteiger partial charge in [-0.3, -0.25) is 0 Å². The summed E-state index contributed by atoms with van der Waals surface area (Å²) in [5.41, 5.74) is 1.19. The summed E-state index contributed by atoms with van der Waals surface area (Å²) in [4.78, 5) is 0. The Balaban J connectivity index is 1.72. The maximum Gasteiger partial charge on any atom is 0.416 e. The summed E-state index contributed by atoms with van der Waals surface area (Å²) in [5, 5.41) is 6.31. The fourth-order valence-corrected chi connectivity index (χ4v) is 2.99. The van der Waals surface area contributed by atoms with Gasteiger partial charge in [0.25, 0.3) is 0 Å². The lowest BCUT2D eigenvalue weighted by Crippen LogP contribution is -2.30. The SMILES string of the molecule is Fc1ccc(CCC2CNCc3c(cccc3C(F)(F)F)N2)cc1. The highest BCUT2D eigenvalue weighted by molar-refractivity contribution is 5.57. The number of alkyl halides is 3. The molecule has 128 valence electrons. The molecule has 3 rings (SSSR count). The molecule has 0 fully saturated rings. The third-order valence-corrected chi connectivity index (χ3v) is 4.23. The number of rotatable bonds is 3. The van der Waals surface area contributed by atoms with E-state index in [0.29, 0.717) is 12.2 Å².